The molecule has 0 aromatic carbocycles. The molecule has 9 heavy (non-hydrogen) atoms. The summed E-state index contributed by atoms with van der Waals surface area (Å²) in [5.74, 6) is 0. The topological polar surface area (TPSA) is 29.5 Å². The van der Waals surface area contributed by atoms with Gasteiger partial charge in [-0.15, -0.1) is 13.2 Å². The van der Waals surface area contributed by atoms with Crippen molar-refractivity contribution in [3.05, 3.63) is 25.3 Å². The minimum absolute atomic E-state index is 0.167. The first-order valence-corrected chi connectivity index (χ1v) is 2.87. The molecule has 0 spiro atoms. The summed E-state index contributed by atoms with van der Waals surface area (Å²) >= 11 is 0. The third kappa shape index (κ3) is 3.94. The Balaban J connectivity index is 3.39. The standard InChI is InChI=1S/C7H12O2/c1-3-5-7(9-8)6-4-2/h3-4,7-8H,1-2,5-6H2. The Bertz CT molecular complexity index is 78.9. The fraction of sp³-hybridized carbons (Fsp3) is 0.429. The molecule has 52 valence electrons. The molecule has 2 heteroatoms. The van der Waals surface area contributed by atoms with E-state index < -0.39 is 0 Å². The second kappa shape index (κ2) is 5.54. The van der Waals surface area contributed by atoms with E-state index in [4.69, 9.17) is 5.26 Å². The van der Waals surface area contributed by atoms with Crippen molar-refractivity contribution in [2.24, 2.45) is 0 Å². The fourth-order valence-electron chi connectivity index (χ4n) is 0.554. The van der Waals surface area contributed by atoms with Crippen LogP contribution < -0.4 is 0 Å². The van der Waals surface area contributed by atoms with E-state index in [9.17, 15) is 0 Å². The van der Waals surface area contributed by atoms with Gasteiger partial charge in [-0.25, -0.2) is 4.89 Å². The van der Waals surface area contributed by atoms with Gasteiger partial charge in [-0.05, 0) is 12.8 Å². The zero-order chi connectivity index (χ0) is 7.11. The van der Waals surface area contributed by atoms with Gasteiger partial charge in [0, 0.05) is 0 Å². The maximum atomic E-state index is 8.19. The Morgan fingerprint density at radius 2 is 1.78 bits per heavy atom. The molecule has 1 N–H and O–H groups in total. The average molecular weight is 128 g/mol. The minimum atomic E-state index is -0.167. The lowest BCUT2D eigenvalue weighted by Crippen LogP contribution is -2.07. The van der Waals surface area contributed by atoms with Crippen LogP contribution >= 0.6 is 0 Å². The molecule has 0 amide bonds. The first-order valence-electron chi connectivity index (χ1n) is 2.87. The van der Waals surface area contributed by atoms with E-state index >= 15 is 0 Å². The largest absolute Gasteiger partial charge is 0.252 e. The molecule has 0 heterocycles. The molecule has 0 atom stereocenters. The molecular weight excluding hydrogens is 116 g/mol. The Morgan fingerprint density at radius 3 is 2.00 bits per heavy atom. The predicted molar refractivity (Wildman–Crippen MR) is 37.1 cm³/mol. The molecule has 0 aliphatic heterocycles. The second-order valence-electron chi connectivity index (χ2n) is 1.78. The smallest absolute Gasteiger partial charge is 0.0995 e. The zero-order valence-corrected chi connectivity index (χ0v) is 5.42. The van der Waals surface area contributed by atoms with E-state index in [1.165, 1.54) is 0 Å². The van der Waals surface area contributed by atoms with Crippen LogP contribution in [0.5, 0.6) is 0 Å². The highest BCUT2D eigenvalue weighted by atomic mass is 17.1. The maximum absolute atomic E-state index is 8.19. The Kier molecular flexibility index (Phi) is 5.17. The van der Waals surface area contributed by atoms with Crippen LogP contribution in [-0.2, 0) is 4.89 Å². The monoisotopic (exact) mass is 128 g/mol. The van der Waals surface area contributed by atoms with Crippen LogP contribution in [0, 0.1) is 0 Å². The van der Waals surface area contributed by atoms with Crippen molar-refractivity contribution in [2.75, 3.05) is 0 Å². The summed E-state index contributed by atoms with van der Waals surface area (Å²) in [6.07, 6.45) is 4.54. The Hall–Kier alpha value is -0.600. The third-order valence-corrected chi connectivity index (χ3v) is 1.01. The molecule has 0 fully saturated rings. The van der Waals surface area contributed by atoms with Gasteiger partial charge in [-0.3, -0.25) is 5.26 Å². The van der Waals surface area contributed by atoms with Crippen LogP contribution in [0.15, 0.2) is 25.3 Å². The van der Waals surface area contributed by atoms with E-state index in [0.29, 0.717) is 12.8 Å². The summed E-state index contributed by atoms with van der Waals surface area (Å²) in [6, 6.07) is 0. The lowest BCUT2D eigenvalue weighted by molar-refractivity contribution is -0.276. The molecule has 0 aromatic rings. The molecular formula is C7H12O2. The Morgan fingerprint density at radius 1 is 1.33 bits per heavy atom. The molecule has 0 saturated heterocycles. The van der Waals surface area contributed by atoms with Crippen molar-refractivity contribution in [3.63, 3.8) is 0 Å². The van der Waals surface area contributed by atoms with Crippen LogP contribution in [0.2, 0.25) is 0 Å². The van der Waals surface area contributed by atoms with Crippen molar-refractivity contribution in [1.29, 1.82) is 0 Å². The van der Waals surface area contributed by atoms with Crippen LogP contribution in [0.3, 0.4) is 0 Å². The van der Waals surface area contributed by atoms with Gasteiger partial charge < -0.3 is 0 Å². The van der Waals surface area contributed by atoms with Gasteiger partial charge in [0.15, 0.2) is 0 Å². The molecule has 0 radical (unpaired) electrons. The van der Waals surface area contributed by atoms with Gasteiger partial charge in [0.2, 0.25) is 0 Å². The van der Waals surface area contributed by atoms with Gasteiger partial charge in [0.1, 0.15) is 0 Å². The molecule has 2 nitrogen and oxygen atoms in total. The molecule has 0 aliphatic carbocycles. The molecule has 0 aromatic heterocycles. The average Bonchev–Trinajstić information content (AvgIpc) is 1.88. The summed E-state index contributed by atoms with van der Waals surface area (Å²) < 4.78 is 0. The zero-order valence-electron chi connectivity index (χ0n) is 5.42. The Labute approximate surface area is 55.4 Å². The maximum Gasteiger partial charge on any atom is 0.0995 e. The van der Waals surface area contributed by atoms with Crippen LogP contribution in [-0.4, -0.2) is 11.4 Å². The number of hydrogen-bond acceptors (Lipinski definition) is 2. The first-order chi connectivity index (χ1) is 4.35. The predicted octanol–water partition coefficient (Wildman–Crippen LogP) is 2.00. The van der Waals surface area contributed by atoms with Gasteiger partial charge >= 0.3 is 0 Å². The van der Waals surface area contributed by atoms with Crippen molar-refractivity contribution < 1.29 is 10.1 Å². The highest BCUT2D eigenvalue weighted by Crippen LogP contribution is 2.02. The highest BCUT2D eigenvalue weighted by molar-refractivity contribution is 4.79. The van der Waals surface area contributed by atoms with Crippen LogP contribution in [0.4, 0.5) is 0 Å². The number of rotatable bonds is 5. The minimum Gasteiger partial charge on any atom is -0.252 e. The number of hydrogen-bond donors (Lipinski definition) is 1. The van der Waals surface area contributed by atoms with E-state index in [1.54, 1.807) is 12.2 Å². The van der Waals surface area contributed by atoms with Crippen LogP contribution in [0.25, 0.3) is 0 Å². The summed E-state index contributed by atoms with van der Waals surface area (Å²) in [7, 11) is 0. The summed E-state index contributed by atoms with van der Waals surface area (Å²) in [4.78, 5) is 4.09. The molecule has 0 bridgehead atoms. The van der Waals surface area contributed by atoms with E-state index in [2.05, 4.69) is 18.0 Å². The highest BCUT2D eigenvalue weighted by Gasteiger charge is 2.01. The summed E-state index contributed by atoms with van der Waals surface area (Å²) in [5.41, 5.74) is 0. The normalized spacial score (nSPS) is 9.56. The van der Waals surface area contributed by atoms with Crippen molar-refractivity contribution in [2.45, 2.75) is 18.9 Å². The van der Waals surface area contributed by atoms with Gasteiger partial charge in [-0.2, -0.15) is 0 Å². The van der Waals surface area contributed by atoms with Crippen molar-refractivity contribution >= 4 is 0 Å². The molecule has 0 aliphatic rings. The van der Waals surface area contributed by atoms with E-state index in [0.717, 1.165) is 0 Å². The van der Waals surface area contributed by atoms with Gasteiger partial charge in [0.25, 0.3) is 0 Å². The first kappa shape index (κ1) is 8.40. The summed E-state index contributed by atoms with van der Waals surface area (Å²) in [6.45, 7) is 7.01. The lowest BCUT2D eigenvalue weighted by Gasteiger charge is -2.05. The fourth-order valence-corrected chi connectivity index (χ4v) is 0.554. The van der Waals surface area contributed by atoms with Gasteiger partial charge in [-0.1, -0.05) is 12.2 Å². The van der Waals surface area contributed by atoms with Crippen molar-refractivity contribution in [1.82, 2.24) is 0 Å². The summed E-state index contributed by atoms with van der Waals surface area (Å²) in [5, 5.41) is 8.19. The van der Waals surface area contributed by atoms with E-state index in [1.807, 2.05) is 0 Å². The SMILES string of the molecule is C=CCC(CC=C)OO. The molecule has 0 unspecified atom stereocenters. The second-order valence-corrected chi connectivity index (χ2v) is 1.78. The van der Waals surface area contributed by atoms with Crippen molar-refractivity contribution in [3.8, 4) is 0 Å². The molecule has 0 rings (SSSR count). The molecule has 0 saturated carbocycles. The quantitative estimate of drug-likeness (QED) is 0.348. The third-order valence-electron chi connectivity index (χ3n) is 1.01. The lowest BCUT2D eigenvalue weighted by atomic mass is 10.2. The van der Waals surface area contributed by atoms with Gasteiger partial charge in [0.05, 0.1) is 6.10 Å². The van der Waals surface area contributed by atoms with Crippen LogP contribution in [0.1, 0.15) is 12.8 Å². The van der Waals surface area contributed by atoms with E-state index in [-0.39, 0.29) is 6.10 Å².